The number of anilines is 1. The van der Waals surface area contributed by atoms with Crippen LogP contribution in [0.3, 0.4) is 0 Å². The van der Waals surface area contributed by atoms with Gasteiger partial charge in [-0.1, -0.05) is 0 Å². The van der Waals surface area contributed by atoms with Gasteiger partial charge in [-0.2, -0.15) is 0 Å². The lowest BCUT2D eigenvalue weighted by Crippen LogP contribution is -2.47. The van der Waals surface area contributed by atoms with Crippen LogP contribution in [-0.4, -0.2) is 63.8 Å². The molecule has 21 heavy (non-hydrogen) atoms. The number of fused-ring (bicyclic) bond motifs is 1. The molecule has 114 valence electrons. The van der Waals surface area contributed by atoms with Gasteiger partial charge < -0.3 is 10.6 Å². The summed E-state index contributed by atoms with van der Waals surface area (Å²) in [5.74, 6) is 1.84. The van der Waals surface area contributed by atoms with E-state index in [2.05, 4.69) is 25.0 Å². The van der Waals surface area contributed by atoms with Crippen LogP contribution in [0.25, 0.3) is 5.65 Å². The molecule has 0 aliphatic carbocycles. The van der Waals surface area contributed by atoms with Crippen molar-refractivity contribution in [2.24, 2.45) is 5.73 Å². The van der Waals surface area contributed by atoms with Crippen LogP contribution >= 0.6 is 0 Å². The second kappa shape index (κ2) is 6.36. The quantitative estimate of drug-likeness (QED) is 0.798. The lowest BCUT2D eigenvalue weighted by atomic mass is 10.2. The van der Waals surface area contributed by atoms with Crippen LogP contribution in [0, 0.1) is 6.92 Å². The molecule has 1 saturated heterocycles. The predicted octanol–water partition coefficient (Wildman–Crippen LogP) is 0.294. The molecule has 2 aromatic heterocycles. The van der Waals surface area contributed by atoms with Crippen molar-refractivity contribution < 1.29 is 0 Å². The molecule has 7 nitrogen and oxygen atoms in total. The van der Waals surface area contributed by atoms with Gasteiger partial charge in [0, 0.05) is 38.6 Å². The molecule has 0 amide bonds. The molecule has 1 aliphatic rings. The number of nitrogens with zero attached hydrogens (tertiary/aromatic N) is 6. The molecule has 0 radical (unpaired) electrons. The second-order valence-electron chi connectivity index (χ2n) is 5.52. The summed E-state index contributed by atoms with van der Waals surface area (Å²) < 4.78 is 2.00. The largest absolute Gasteiger partial charge is 0.351 e. The molecule has 7 heteroatoms. The second-order valence-corrected chi connectivity index (χ2v) is 5.52. The van der Waals surface area contributed by atoms with Gasteiger partial charge in [0.15, 0.2) is 5.82 Å². The van der Waals surface area contributed by atoms with E-state index in [0.717, 1.165) is 63.0 Å². The molecule has 3 rings (SSSR count). The number of aryl methyl sites for hydroxylation is 1. The van der Waals surface area contributed by atoms with Gasteiger partial charge in [-0.3, -0.25) is 9.30 Å². The van der Waals surface area contributed by atoms with Crippen LogP contribution in [-0.2, 0) is 0 Å². The topological polar surface area (TPSA) is 75.6 Å². The first-order valence-electron chi connectivity index (χ1n) is 7.63. The zero-order valence-corrected chi connectivity index (χ0v) is 12.6. The van der Waals surface area contributed by atoms with Gasteiger partial charge >= 0.3 is 0 Å². The molecule has 0 spiro atoms. The minimum Gasteiger partial charge on any atom is -0.351 e. The van der Waals surface area contributed by atoms with E-state index in [1.807, 2.05) is 23.7 Å². The Hall–Kier alpha value is -1.73. The Balaban J connectivity index is 1.66. The van der Waals surface area contributed by atoms with Crippen molar-refractivity contribution in [1.29, 1.82) is 0 Å². The van der Waals surface area contributed by atoms with E-state index in [1.165, 1.54) is 6.42 Å². The van der Waals surface area contributed by atoms with Crippen molar-refractivity contribution >= 4 is 11.5 Å². The third kappa shape index (κ3) is 2.98. The maximum Gasteiger partial charge on any atom is 0.203 e. The SMILES string of the molecule is Cc1nnc2c(N3CCN(CCCCN)CC3)nccn12. The van der Waals surface area contributed by atoms with Crippen LogP contribution in [0.15, 0.2) is 12.4 Å². The van der Waals surface area contributed by atoms with Crippen LogP contribution in [0.5, 0.6) is 0 Å². The number of aromatic nitrogens is 4. The van der Waals surface area contributed by atoms with E-state index in [9.17, 15) is 0 Å². The number of piperazine rings is 1. The van der Waals surface area contributed by atoms with Crippen LogP contribution in [0.2, 0.25) is 0 Å². The molecule has 0 aromatic carbocycles. The first kappa shape index (κ1) is 14.2. The molecule has 2 aromatic rings. The molecule has 1 fully saturated rings. The Morgan fingerprint density at radius 2 is 1.95 bits per heavy atom. The fourth-order valence-electron chi connectivity index (χ4n) is 2.81. The normalized spacial score (nSPS) is 16.8. The van der Waals surface area contributed by atoms with Crippen molar-refractivity contribution in [2.75, 3.05) is 44.2 Å². The van der Waals surface area contributed by atoms with E-state index in [-0.39, 0.29) is 0 Å². The number of nitrogens with two attached hydrogens (primary N) is 1. The lowest BCUT2D eigenvalue weighted by molar-refractivity contribution is 0.253. The van der Waals surface area contributed by atoms with Crippen LogP contribution < -0.4 is 10.6 Å². The lowest BCUT2D eigenvalue weighted by Gasteiger charge is -2.35. The van der Waals surface area contributed by atoms with Gasteiger partial charge in [-0.05, 0) is 32.9 Å². The van der Waals surface area contributed by atoms with Crippen molar-refractivity contribution in [3.8, 4) is 0 Å². The van der Waals surface area contributed by atoms with Gasteiger partial charge in [-0.15, -0.1) is 10.2 Å². The van der Waals surface area contributed by atoms with Crippen LogP contribution in [0.4, 0.5) is 5.82 Å². The smallest absolute Gasteiger partial charge is 0.203 e. The van der Waals surface area contributed by atoms with Crippen molar-refractivity contribution in [3.05, 3.63) is 18.2 Å². The monoisotopic (exact) mass is 289 g/mol. The molecular weight excluding hydrogens is 266 g/mol. The summed E-state index contributed by atoms with van der Waals surface area (Å²) in [6, 6.07) is 0. The summed E-state index contributed by atoms with van der Waals surface area (Å²) in [6.07, 6.45) is 6.04. The molecule has 0 bridgehead atoms. The number of unbranched alkanes of at least 4 members (excludes halogenated alkanes) is 1. The highest BCUT2D eigenvalue weighted by Crippen LogP contribution is 2.19. The highest BCUT2D eigenvalue weighted by molar-refractivity contribution is 5.63. The molecular formula is C14H23N7. The third-order valence-corrected chi connectivity index (χ3v) is 4.08. The van der Waals surface area contributed by atoms with Gasteiger partial charge in [-0.25, -0.2) is 4.98 Å². The summed E-state index contributed by atoms with van der Waals surface area (Å²) in [6.45, 7) is 8.01. The number of rotatable bonds is 5. The maximum atomic E-state index is 5.55. The number of hydrogen-bond acceptors (Lipinski definition) is 6. The Morgan fingerprint density at radius 3 is 2.71 bits per heavy atom. The van der Waals surface area contributed by atoms with E-state index < -0.39 is 0 Å². The summed E-state index contributed by atoms with van der Waals surface area (Å²) in [7, 11) is 0. The fraction of sp³-hybridized carbons (Fsp3) is 0.643. The molecule has 3 heterocycles. The van der Waals surface area contributed by atoms with Gasteiger partial charge in [0.25, 0.3) is 0 Å². The summed E-state index contributed by atoms with van der Waals surface area (Å²) in [5.41, 5.74) is 6.40. The van der Waals surface area contributed by atoms with Crippen molar-refractivity contribution in [2.45, 2.75) is 19.8 Å². The van der Waals surface area contributed by atoms with E-state index >= 15 is 0 Å². The Labute approximate surface area is 124 Å². The first-order valence-corrected chi connectivity index (χ1v) is 7.63. The van der Waals surface area contributed by atoms with Gasteiger partial charge in [0.05, 0.1) is 0 Å². The summed E-state index contributed by atoms with van der Waals surface area (Å²) >= 11 is 0. The van der Waals surface area contributed by atoms with E-state index in [1.54, 1.807) is 0 Å². The molecule has 0 atom stereocenters. The number of hydrogen-bond donors (Lipinski definition) is 1. The zero-order chi connectivity index (χ0) is 14.7. The zero-order valence-electron chi connectivity index (χ0n) is 12.6. The summed E-state index contributed by atoms with van der Waals surface area (Å²) in [4.78, 5) is 9.32. The molecule has 0 saturated carbocycles. The Bertz CT molecular complexity index is 586. The average molecular weight is 289 g/mol. The minimum absolute atomic E-state index is 0.790. The third-order valence-electron chi connectivity index (χ3n) is 4.08. The van der Waals surface area contributed by atoms with Crippen molar-refractivity contribution in [3.63, 3.8) is 0 Å². The maximum absolute atomic E-state index is 5.55. The standard InChI is InChI=1S/C14H23N7/c1-12-17-18-14-13(16-5-7-21(12)14)20-10-8-19(9-11-20)6-3-2-4-15/h5,7H,2-4,6,8-11,15H2,1H3. The fourth-order valence-corrected chi connectivity index (χ4v) is 2.81. The highest BCUT2D eigenvalue weighted by Gasteiger charge is 2.20. The highest BCUT2D eigenvalue weighted by atomic mass is 15.3. The average Bonchev–Trinajstić information content (AvgIpc) is 2.90. The molecule has 1 aliphatic heterocycles. The van der Waals surface area contributed by atoms with Gasteiger partial charge in [0.2, 0.25) is 5.65 Å². The minimum atomic E-state index is 0.790. The van der Waals surface area contributed by atoms with E-state index in [4.69, 9.17) is 5.73 Å². The Kier molecular flexibility index (Phi) is 4.31. The molecule has 2 N–H and O–H groups in total. The first-order chi connectivity index (χ1) is 10.3. The van der Waals surface area contributed by atoms with Gasteiger partial charge in [0.1, 0.15) is 5.82 Å². The predicted molar refractivity (Wildman–Crippen MR) is 82.5 cm³/mol. The summed E-state index contributed by atoms with van der Waals surface area (Å²) in [5, 5.41) is 8.39. The molecule has 0 unspecified atom stereocenters. The Morgan fingerprint density at radius 1 is 1.14 bits per heavy atom. The van der Waals surface area contributed by atoms with Crippen molar-refractivity contribution in [1.82, 2.24) is 24.5 Å². The van der Waals surface area contributed by atoms with Crippen LogP contribution in [0.1, 0.15) is 18.7 Å². The van der Waals surface area contributed by atoms with E-state index in [0.29, 0.717) is 0 Å².